The van der Waals surface area contributed by atoms with Crippen LogP contribution in [0.3, 0.4) is 0 Å². The molecule has 1 N–H and O–H groups in total. The summed E-state index contributed by atoms with van der Waals surface area (Å²) in [7, 11) is 3.10. The van der Waals surface area contributed by atoms with Gasteiger partial charge in [0, 0.05) is 5.56 Å². The number of ether oxygens (including phenoxy) is 2. The van der Waals surface area contributed by atoms with Crippen LogP contribution in [0.1, 0.15) is 23.1 Å². The molecule has 1 atom stereocenters. The summed E-state index contributed by atoms with van der Waals surface area (Å²) in [5, 5.41) is 11.4. The Hall–Kier alpha value is -3.90. The summed E-state index contributed by atoms with van der Waals surface area (Å²) in [5.41, 5.74) is 0.753. The standard InChI is InChI=1S/C27H25NO5/c1-32-24-15-13-20(16-25(24)33-2)18-28-23-11-7-6-10-22(23)27(31,26(28)30)17-21(29)14-12-19-8-4-3-5-9-19/h3-16,31H,17-18H2,1-2H3/b14-12+/t27-/m1/s1. The summed E-state index contributed by atoms with van der Waals surface area (Å²) in [6.07, 6.45) is 2.74. The van der Waals surface area contributed by atoms with Gasteiger partial charge < -0.3 is 19.5 Å². The van der Waals surface area contributed by atoms with E-state index in [9.17, 15) is 14.7 Å². The van der Waals surface area contributed by atoms with Crippen molar-refractivity contribution in [1.82, 2.24) is 0 Å². The van der Waals surface area contributed by atoms with Crippen LogP contribution < -0.4 is 14.4 Å². The van der Waals surface area contributed by atoms with Crippen LogP contribution in [0.2, 0.25) is 0 Å². The lowest BCUT2D eigenvalue weighted by Crippen LogP contribution is -2.41. The molecule has 3 aromatic carbocycles. The van der Waals surface area contributed by atoms with Crippen molar-refractivity contribution in [3.8, 4) is 11.5 Å². The van der Waals surface area contributed by atoms with Crippen LogP contribution in [-0.4, -0.2) is 31.0 Å². The number of benzene rings is 3. The van der Waals surface area contributed by atoms with Crippen molar-refractivity contribution in [3.05, 3.63) is 95.6 Å². The molecular formula is C27H25NO5. The maximum atomic E-state index is 13.4. The van der Waals surface area contributed by atoms with E-state index < -0.39 is 11.5 Å². The fourth-order valence-corrected chi connectivity index (χ4v) is 4.06. The van der Waals surface area contributed by atoms with Crippen LogP contribution >= 0.6 is 0 Å². The summed E-state index contributed by atoms with van der Waals surface area (Å²) >= 11 is 0. The molecule has 6 heteroatoms. The van der Waals surface area contributed by atoms with Gasteiger partial charge in [-0.1, -0.05) is 60.7 Å². The number of fused-ring (bicyclic) bond motifs is 1. The van der Waals surface area contributed by atoms with Crippen LogP contribution in [-0.2, 0) is 21.7 Å². The highest BCUT2D eigenvalue weighted by Gasteiger charge is 2.50. The molecule has 0 radical (unpaired) electrons. The zero-order valence-electron chi connectivity index (χ0n) is 18.5. The van der Waals surface area contributed by atoms with E-state index in [1.165, 1.54) is 11.0 Å². The van der Waals surface area contributed by atoms with Crippen LogP contribution in [0, 0.1) is 0 Å². The smallest absolute Gasteiger partial charge is 0.264 e. The Bertz CT molecular complexity index is 1200. The van der Waals surface area contributed by atoms with E-state index in [1.807, 2.05) is 36.4 Å². The van der Waals surface area contributed by atoms with E-state index in [2.05, 4.69) is 0 Å². The topological polar surface area (TPSA) is 76.1 Å². The Labute approximate surface area is 192 Å². The largest absolute Gasteiger partial charge is 0.493 e. The van der Waals surface area contributed by atoms with Gasteiger partial charge in [-0.2, -0.15) is 0 Å². The molecule has 4 rings (SSSR count). The van der Waals surface area contributed by atoms with E-state index in [1.54, 1.807) is 56.7 Å². The molecule has 0 saturated carbocycles. The SMILES string of the molecule is COc1ccc(CN2C(=O)[C@@](O)(CC(=O)/C=C/c3ccccc3)c3ccccc32)cc1OC. The first-order chi connectivity index (χ1) is 16.0. The van der Waals surface area contributed by atoms with Crippen LogP contribution in [0.5, 0.6) is 11.5 Å². The molecule has 0 aromatic heterocycles. The summed E-state index contributed by atoms with van der Waals surface area (Å²) in [6, 6.07) is 21.8. The van der Waals surface area contributed by atoms with Gasteiger partial charge in [0.05, 0.1) is 32.9 Å². The van der Waals surface area contributed by atoms with E-state index in [-0.39, 0.29) is 18.7 Å². The van der Waals surface area contributed by atoms with Gasteiger partial charge in [0.1, 0.15) is 0 Å². The molecule has 0 unspecified atom stereocenters. The Morgan fingerprint density at radius 3 is 2.39 bits per heavy atom. The quantitative estimate of drug-likeness (QED) is 0.530. The van der Waals surface area contributed by atoms with E-state index in [4.69, 9.17) is 9.47 Å². The van der Waals surface area contributed by atoms with Crippen molar-refractivity contribution < 1.29 is 24.2 Å². The van der Waals surface area contributed by atoms with Gasteiger partial charge >= 0.3 is 0 Å². The number of aliphatic hydroxyl groups is 1. The predicted octanol–water partition coefficient (Wildman–Crippen LogP) is 4.11. The highest BCUT2D eigenvalue weighted by atomic mass is 16.5. The van der Waals surface area contributed by atoms with Crippen molar-refractivity contribution >= 4 is 23.5 Å². The third-order valence-electron chi connectivity index (χ3n) is 5.72. The molecule has 0 bridgehead atoms. The van der Waals surface area contributed by atoms with Gasteiger partial charge in [-0.15, -0.1) is 0 Å². The van der Waals surface area contributed by atoms with Crippen molar-refractivity contribution in [2.45, 2.75) is 18.6 Å². The highest BCUT2D eigenvalue weighted by Crippen LogP contribution is 2.43. The molecule has 0 fully saturated rings. The number of hydrogen-bond donors (Lipinski definition) is 1. The molecule has 0 saturated heterocycles. The van der Waals surface area contributed by atoms with Gasteiger partial charge in [0.15, 0.2) is 22.9 Å². The third kappa shape index (κ3) is 4.38. The summed E-state index contributed by atoms with van der Waals surface area (Å²) in [5.74, 6) is 0.269. The number of amides is 1. The molecule has 168 valence electrons. The Kier molecular flexibility index (Phi) is 6.29. The number of anilines is 1. The van der Waals surface area contributed by atoms with Crippen molar-refractivity contribution in [1.29, 1.82) is 0 Å². The lowest BCUT2D eigenvalue weighted by atomic mass is 9.89. The summed E-state index contributed by atoms with van der Waals surface area (Å²) in [4.78, 5) is 27.6. The summed E-state index contributed by atoms with van der Waals surface area (Å²) < 4.78 is 10.6. The third-order valence-corrected chi connectivity index (χ3v) is 5.72. The van der Waals surface area contributed by atoms with E-state index in [0.29, 0.717) is 22.7 Å². The Morgan fingerprint density at radius 2 is 1.67 bits per heavy atom. The predicted molar refractivity (Wildman–Crippen MR) is 126 cm³/mol. The highest BCUT2D eigenvalue weighted by molar-refractivity contribution is 6.10. The average Bonchev–Trinajstić information content (AvgIpc) is 3.05. The fraction of sp³-hybridized carbons (Fsp3) is 0.185. The fourth-order valence-electron chi connectivity index (χ4n) is 4.06. The van der Waals surface area contributed by atoms with Crippen molar-refractivity contribution in [2.75, 3.05) is 19.1 Å². The second-order valence-corrected chi connectivity index (χ2v) is 7.85. The Balaban J connectivity index is 1.60. The van der Waals surface area contributed by atoms with Crippen LogP contribution in [0.15, 0.2) is 78.9 Å². The van der Waals surface area contributed by atoms with Gasteiger partial charge in [-0.05, 0) is 35.4 Å². The van der Waals surface area contributed by atoms with Crippen LogP contribution in [0.25, 0.3) is 6.08 Å². The second-order valence-electron chi connectivity index (χ2n) is 7.85. The maximum absolute atomic E-state index is 13.4. The van der Waals surface area contributed by atoms with Crippen LogP contribution in [0.4, 0.5) is 5.69 Å². The number of nitrogens with zero attached hydrogens (tertiary/aromatic N) is 1. The number of allylic oxidation sites excluding steroid dienone is 1. The number of rotatable bonds is 8. The molecule has 6 nitrogen and oxygen atoms in total. The number of para-hydroxylation sites is 1. The normalized spacial score (nSPS) is 17.3. The number of methoxy groups -OCH3 is 2. The zero-order chi connectivity index (χ0) is 23.4. The maximum Gasteiger partial charge on any atom is 0.264 e. The van der Waals surface area contributed by atoms with E-state index in [0.717, 1.165) is 11.1 Å². The number of carbonyl (C=O) groups excluding carboxylic acids is 2. The van der Waals surface area contributed by atoms with Gasteiger partial charge in [-0.25, -0.2) is 0 Å². The minimum atomic E-state index is -1.93. The molecule has 33 heavy (non-hydrogen) atoms. The second kappa shape index (κ2) is 9.30. The molecule has 1 aliphatic rings. The van der Waals surface area contributed by atoms with Gasteiger partial charge in [-0.3, -0.25) is 9.59 Å². The number of carbonyl (C=O) groups is 2. The molecule has 1 heterocycles. The number of hydrogen-bond acceptors (Lipinski definition) is 5. The van der Waals surface area contributed by atoms with Gasteiger partial charge in [0.2, 0.25) is 0 Å². The molecule has 3 aromatic rings. The molecule has 0 spiro atoms. The molecule has 0 aliphatic carbocycles. The summed E-state index contributed by atoms with van der Waals surface area (Å²) in [6.45, 7) is 0.215. The zero-order valence-corrected chi connectivity index (χ0v) is 18.5. The van der Waals surface area contributed by atoms with E-state index >= 15 is 0 Å². The average molecular weight is 443 g/mol. The molecular weight excluding hydrogens is 418 g/mol. The van der Waals surface area contributed by atoms with Crippen molar-refractivity contribution in [3.63, 3.8) is 0 Å². The molecule has 1 aliphatic heterocycles. The minimum absolute atomic E-state index is 0.215. The monoisotopic (exact) mass is 443 g/mol. The molecule has 1 amide bonds. The minimum Gasteiger partial charge on any atom is -0.493 e. The lowest BCUT2D eigenvalue weighted by molar-refractivity contribution is -0.140. The number of ketones is 1. The first-order valence-electron chi connectivity index (χ1n) is 10.6. The van der Waals surface area contributed by atoms with Crippen molar-refractivity contribution in [2.24, 2.45) is 0 Å². The first kappa shape index (κ1) is 22.3. The first-order valence-corrected chi connectivity index (χ1v) is 10.6. The Morgan fingerprint density at radius 1 is 0.970 bits per heavy atom. The van der Waals surface area contributed by atoms with Gasteiger partial charge in [0.25, 0.3) is 5.91 Å². The lowest BCUT2D eigenvalue weighted by Gasteiger charge is -2.22.